The van der Waals surface area contributed by atoms with Crippen LogP contribution in [0.2, 0.25) is 0 Å². The summed E-state index contributed by atoms with van der Waals surface area (Å²) in [6.07, 6.45) is 0.921. The molecule has 0 heterocycles. The van der Waals surface area contributed by atoms with E-state index in [1.54, 1.807) is 12.1 Å². The van der Waals surface area contributed by atoms with Crippen molar-refractivity contribution >= 4 is 11.4 Å². The zero-order valence-electron chi connectivity index (χ0n) is 10.2. The molecule has 1 rings (SSSR count). The van der Waals surface area contributed by atoms with E-state index in [1.807, 2.05) is 13.8 Å². The largest absolute Gasteiger partial charge is 0.385 e. The Morgan fingerprint density at radius 1 is 1.47 bits per heavy atom. The summed E-state index contributed by atoms with van der Waals surface area (Å²) in [5.74, 6) is 0. The van der Waals surface area contributed by atoms with Crippen molar-refractivity contribution in [1.82, 2.24) is 0 Å². The summed E-state index contributed by atoms with van der Waals surface area (Å²) in [7, 11) is 0. The summed E-state index contributed by atoms with van der Waals surface area (Å²) in [5, 5.41) is 13.8. The smallest absolute Gasteiger partial charge is 0.269 e. The molecule has 0 atom stereocenters. The molecule has 0 aliphatic heterocycles. The first-order valence-electron chi connectivity index (χ1n) is 5.71. The Morgan fingerprint density at radius 2 is 2.24 bits per heavy atom. The van der Waals surface area contributed by atoms with Gasteiger partial charge in [-0.1, -0.05) is 0 Å². The molecule has 1 N–H and O–H groups in total. The van der Waals surface area contributed by atoms with E-state index in [2.05, 4.69) is 5.32 Å². The van der Waals surface area contributed by atoms with Crippen LogP contribution in [0, 0.1) is 17.0 Å². The Balaban J connectivity index is 2.46. The van der Waals surface area contributed by atoms with Gasteiger partial charge in [0.2, 0.25) is 0 Å². The lowest BCUT2D eigenvalue weighted by Crippen LogP contribution is -2.06. The molecule has 1 aromatic carbocycles. The lowest BCUT2D eigenvalue weighted by Gasteiger charge is -2.09. The molecule has 0 aliphatic rings. The highest BCUT2D eigenvalue weighted by Crippen LogP contribution is 2.20. The van der Waals surface area contributed by atoms with Gasteiger partial charge in [0, 0.05) is 37.6 Å². The van der Waals surface area contributed by atoms with Crippen LogP contribution in [-0.2, 0) is 4.74 Å². The van der Waals surface area contributed by atoms with Crippen LogP contribution in [0.25, 0.3) is 0 Å². The Labute approximate surface area is 101 Å². The fourth-order valence-electron chi connectivity index (χ4n) is 1.50. The van der Waals surface area contributed by atoms with Crippen LogP contribution in [0.1, 0.15) is 18.9 Å². The first-order valence-corrected chi connectivity index (χ1v) is 5.71. The third-order valence-electron chi connectivity index (χ3n) is 2.41. The molecule has 0 radical (unpaired) electrons. The lowest BCUT2D eigenvalue weighted by molar-refractivity contribution is -0.384. The van der Waals surface area contributed by atoms with E-state index in [1.165, 1.54) is 6.07 Å². The van der Waals surface area contributed by atoms with Crippen molar-refractivity contribution in [3.63, 3.8) is 0 Å². The summed E-state index contributed by atoms with van der Waals surface area (Å²) >= 11 is 0. The highest BCUT2D eigenvalue weighted by Gasteiger charge is 2.07. The number of aryl methyl sites for hydroxylation is 1. The van der Waals surface area contributed by atoms with Crippen molar-refractivity contribution in [3.05, 3.63) is 33.9 Å². The van der Waals surface area contributed by atoms with Gasteiger partial charge in [0.15, 0.2) is 0 Å². The number of nitro benzene ring substituents is 1. The molecule has 1 aromatic rings. The zero-order valence-corrected chi connectivity index (χ0v) is 10.2. The molecule has 0 bridgehead atoms. The van der Waals surface area contributed by atoms with Crippen molar-refractivity contribution in [3.8, 4) is 0 Å². The average Bonchev–Trinajstić information content (AvgIpc) is 2.30. The van der Waals surface area contributed by atoms with Crippen molar-refractivity contribution in [2.45, 2.75) is 20.3 Å². The number of anilines is 1. The minimum atomic E-state index is -0.383. The van der Waals surface area contributed by atoms with Gasteiger partial charge in [-0.25, -0.2) is 0 Å². The van der Waals surface area contributed by atoms with Crippen molar-refractivity contribution in [1.29, 1.82) is 0 Å². The fraction of sp³-hybridized carbons (Fsp3) is 0.500. The quantitative estimate of drug-likeness (QED) is 0.450. The summed E-state index contributed by atoms with van der Waals surface area (Å²) in [6, 6.07) is 4.83. The first kappa shape index (κ1) is 13.4. The van der Waals surface area contributed by atoms with E-state index in [9.17, 15) is 10.1 Å². The number of nitrogens with one attached hydrogen (secondary N) is 1. The van der Waals surface area contributed by atoms with Crippen molar-refractivity contribution < 1.29 is 9.66 Å². The molecule has 5 nitrogen and oxygen atoms in total. The fourth-order valence-corrected chi connectivity index (χ4v) is 1.50. The van der Waals surface area contributed by atoms with Gasteiger partial charge in [0.25, 0.3) is 5.69 Å². The number of hydrogen-bond acceptors (Lipinski definition) is 4. The molecule has 0 fully saturated rings. The average molecular weight is 238 g/mol. The van der Waals surface area contributed by atoms with Crippen molar-refractivity contribution in [2.75, 3.05) is 25.1 Å². The molecular weight excluding hydrogens is 220 g/mol. The number of nitrogens with zero attached hydrogens (tertiary/aromatic N) is 1. The third kappa shape index (κ3) is 4.40. The molecular formula is C12H18N2O3. The molecule has 0 spiro atoms. The van der Waals surface area contributed by atoms with E-state index < -0.39 is 0 Å². The molecule has 5 heteroatoms. The number of nitro groups is 1. The summed E-state index contributed by atoms with van der Waals surface area (Å²) < 4.78 is 5.22. The Bertz CT molecular complexity index is 380. The molecule has 17 heavy (non-hydrogen) atoms. The Hall–Kier alpha value is -1.62. The second-order valence-corrected chi connectivity index (χ2v) is 3.73. The van der Waals surface area contributed by atoms with Gasteiger partial charge >= 0.3 is 0 Å². The van der Waals surface area contributed by atoms with Gasteiger partial charge in [-0.05, 0) is 31.9 Å². The van der Waals surface area contributed by atoms with Gasteiger partial charge in [-0.15, -0.1) is 0 Å². The SMILES string of the molecule is CCOCCCNc1ccc([N+](=O)[O-])cc1C. The second-order valence-electron chi connectivity index (χ2n) is 3.73. The van der Waals surface area contributed by atoms with Gasteiger partial charge in [0.1, 0.15) is 0 Å². The summed E-state index contributed by atoms with van der Waals surface area (Å²) in [5.41, 5.74) is 1.95. The van der Waals surface area contributed by atoms with Crippen molar-refractivity contribution in [2.24, 2.45) is 0 Å². The predicted octanol–water partition coefficient (Wildman–Crippen LogP) is 2.74. The maximum absolute atomic E-state index is 10.6. The summed E-state index contributed by atoms with van der Waals surface area (Å²) in [6.45, 7) is 6.09. The molecule has 0 saturated heterocycles. The molecule has 0 amide bonds. The number of rotatable bonds is 7. The van der Waals surface area contributed by atoms with E-state index >= 15 is 0 Å². The standard InChI is InChI=1S/C12H18N2O3/c1-3-17-8-4-7-13-12-6-5-11(14(15)16)9-10(12)2/h5-6,9,13H,3-4,7-8H2,1-2H3. The molecule has 0 unspecified atom stereocenters. The van der Waals surface area contributed by atoms with Crippen LogP contribution in [0.4, 0.5) is 11.4 Å². The van der Waals surface area contributed by atoms with Crippen LogP contribution in [-0.4, -0.2) is 24.7 Å². The van der Waals surface area contributed by atoms with E-state index in [0.29, 0.717) is 0 Å². The number of benzene rings is 1. The molecule has 94 valence electrons. The van der Waals surface area contributed by atoms with Crippen LogP contribution >= 0.6 is 0 Å². The van der Waals surface area contributed by atoms with E-state index in [-0.39, 0.29) is 10.6 Å². The highest BCUT2D eigenvalue weighted by molar-refractivity contribution is 5.55. The summed E-state index contributed by atoms with van der Waals surface area (Å²) in [4.78, 5) is 10.2. The Kier molecular flexibility index (Phi) is 5.42. The maximum atomic E-state index is 10.6. The topological polar surface area (TPSA) is 64.4 Å². The maximum Gasteiger partial charge on any atom is 0.269 e. The minimum absolute atomic E-state index is 0.127. The monoisotopic (exact) mass is 238 g/mol. The van der Waals surface area contributed by atoms with E-state index in [0.717, 1.165) is 37.4 Å². The van der Waals surface area contributed by atoms with Crippen LogP contribution in [0.5, 0.6) is 0 Å². The highest BCUT2D eigenvalue weighted by atomic mass is 16.6. The minimum Gasteiger partial charge on any atom is -0.385 e. The zero-order chi connectivity index (χ0) is 12.7. The predicted molar refractivity (Wildman–Crippen MR) is 67.4 cm³/mol. The van der Waals surface area contributed by atoms with Crippen LogP contribution in [0.15, 0.2) is 18.2 Å². The normalized spacial score (nSPS) is 10.2. The van der Waals surface area contributed by atoms with E-state index in [4.69, 9.17) is 4.74 Å². The molecule has 0 aromatic heterocycles. The molecule has 0 aliphatic carbocycles. The van der Waals surface area contributed by atoms with Gasteiger partial charge in [-0.3, -0.25) is 10.1 Å². The van der Waals surface area contributed by atoms with Gasteiger partial charge in [0.05, 0.1) is 4.92 Å². The number of hydrogen-bond donors (Lipinski definition) is 1. The Morgan fingerprint density at radius 3 is 2.82 bits per heavy atom. The van der Waals surface area contributed by atoms with Gasteiger partial charge < -0.3 is 10.1 Å². The third-order valence-corrected chi connectivity index (χ3v) is 2.41. The first-order chi connectivity index (χ1) is 8.15. The number of ether oxygens (including phenoxy) is 1. The second kappa shape index (κ2) is 6.85. The number of non-ortho nitro benzene ring substituents is 1. The van der Waals surface area contributed by atoms with Crippen LogP contribution < -0.4 is 5.32 Å². The van der Waals surface area contributed by atoms with Crippen LogP contribution in [0.3, 0.4) is 0 Å². The van der Waals surface area contributed by atoms with Gasteiger partial charge in [-0.2, -0.15) is 0 Å². The molecule has 0 saturated carbocycles. The lowest BCUT2D eigenvalue weighted by atomic mass is 10.2.